The molecule has 1 atom stereocenters. The first-order valence-electron chi connectivity index (χ1n) is 8.16. The maximum atomic E-state index is 13.0. The number of amides is 1. The Balaban J connectivity index is 1.93. The van der Waals surface area contributed by atoms with Crippen LogP contribution in [0.3, 0.4) is 0 Å². The van der Waals surface area contributed by atoms with E-state index in [0.717, 1.165) is 6.20 Å². The maximum absolute atomic E-state index is 13.0. The molecule has 1 unspecified atom stereocenters. The molecule has 0 spiro atoms. The zero-order valence-corrected chi connectivity index (χ0v) is 15.5. The summed E-state index contributed by atoms with van der Waals surface area (Å²) in [5.41, 5.74) is 1.46. The molecule has 1 fully saturated rings. The van der Waals surface area contributed by atoms with E-state index in [1.165, 1.54) is 24.1 Å². The van der Waals surface area contributed by atoms with E-state index >= 15 is 0 Å². The van der Waals surface area contributed by atoms with Crippen molar-refractivity contribution < 1.29 is 18.7 Å². The van der Waals surface area contributed by atoms with Crippen molar-refractivity contribution in [3.8, 4) is 17.6 Å². The van der Waals surface area contributed by atoms with E-state index in [2.05, 4.69) is 16.8 Å². The average Bonchev–Trinajstić information content (AvgIpc) is 2.90. The van der Waals surface area contributed by atoms with E-state index in [0.29, 0.717) is 22.6 Å². The van der Waals surface area contributed by atoms with Crippen molar-refractivity contribution in [1.29, 1.82) is 0 Å². The summed E-state index contributed by atoms with van der Waals surface area (Å²) in [7, 11) is 1.45. The molecule has 0 radical (unpaired) electrons. The van der Waals surface area contributed by atoms with Crippen molar-refractivity contribution in [3.05, 3.63) is 58.1 Å². The van der Waals surface area contributed by atoms with E-state index in [1.807, 2.05) is 0 Å². The lowest BCUT2D eigenvalue weighted by Gasteiger charge is -2.17. The van der Waals surface area contributed by atoms with Gasteiger partial charge in [-0.05, 0) is 31.2 Å². The summed E-state index contributed by atoms with van der Waals surface area (Å²) < 4.78 is 18.4. The van der Waals surface area contributed by atoms with Crippen molar-refractivity contribution in [2.75, 3.05) is 13.7 Å². The highest BCUT2D eigenvalue weighted by Gasteiger charge is 2.43. The third kappa shape index (κ3) is 3.79. The van der Waals surface area contributed by atoms with Gasteiger partial charge in [0.1, 0.15) is 17.5 Å². The Morgan fingerprint density at radius 2 is 2.15 bits per heavy atom. The Labute approximate surface area is 161 Å². The van der Waals surface area contributed by atoms with Gasteiger partial charge >= 0.3 is 0 Å². The van der Waals surface area contributed by atoms with Crippen LogP contribution < -0.4 is 4.74 Å². The first-order chi connectivity index (χ1) is 12.9. The van der Waals surface area contributed by atoms with Crippen LogP contribution in [-0.4, -0.2) is 35.2 Å². The lowest BCUT2D eigenvalue weighted by Crippen LogP contribution is -2.27. The molecule has 1 saturated heterocycles. The summed E-state index contributed by atoms with van der Waals surface area (Å²) in [6, 6.07) is 6.00. The number of Topliss-reactive ketones (excluding diaryl/α,β-unsaturated/α-hetero) is 1. The normalized spacial score (nSPS) is 16.3. The number of carbonyl (C=O) groups is 2. The number of hydrogen-bond donors (Lipinski definition) is 0. The van der Waals surface area contributed by atoms with Gasteiger partial charge in [0.05, 0.1) is 32.1 Å². The minimum absolute atomic E-state index is 0.0709. The van der Waals surface area contributed by atoms with Crippen LogP contribution in [0.4, 0.5) is 4.39 Å². The summed E-state index contributed by atoms with van der Waals surface area (Å²) >= 11 is 6.36. The van der Waals surface area contributed by atoms with Crippen molar-refractivity contribution in [2.45, 2.75) is 19.4 Å². The fraction of sp³-hybridized carbons (Fsp3) is 0.250. The molecule has 138 valence electrons. The standard InChI is InChI=1S/C20H16ClFN2O3/c1-3-4-12-7-15(21)18(17(8-12)27-2)19-16(25)11-24(20(19)26)10-14-6-5-13(22)9-23-14/h5-9,19H,10-11H2,1-2H3. The second kappa shape index (κ2) is 7.77. The molecule has 2 aromatic rings. The molecule has 2 heterocycles. The Kier molecular flexibility index (Phi) is 5.43. The molecule has 5 nitrogen and oxygen atoms in total. The van der Waals surface area contributed by atoms with Crippen LogP contribution in [0.2, 0.25) is 5.02 Å². The van der Waals surface area contributed by atoms with Gasteiger partial charge in [-0.15, -0.1) is 5.92 Å². The number of pyridine rings is 1. The van der Waals surface area contributed by atoms with Gasteiger partial charge in [-0.2, -0.15) is 0 Å². The molecular weight excluding hydrogens is 371 g/mol. The van der Waals surface area contributed by atoms with E-state index < -0.39 is 11.7 Å². The number of ketones is 1. The second-order valence-electron chi connectivity index (χ2n) is 6.01. The number of carbonyl (C=O) groups excluding carboxylic acids is 2. The molecule has 1 aliphatic rings. The average molecular weight is 387 g/mol. The summed E-state index contributed by atoms with van der Waals surface area (Å²) in [6.45, 7) is 1.74. The van der Waals surface area contributed by atoms with Crippen LogP contribution in [0.15, 0.2) is 30.5 Å². The first-order valence-corrected chi connectivity index (χ1v) is 8.54. The molecule has 3 rings (SSSR count). The Bertz CT molecular complexity index is 964. The van der Waals surface area contributed by atoms with Crippen molar-refractivity contribution in [1.82, 2.24) is 9.88 Å². The highest BCUT2D eigenvalue weighted by atomic mass is 35.5. The van der Waals surface area contributed by atoms with Gasteiger partial charge in [0.2, 0.25) is 5.91 Å². The maximum Gasteiger partial charge on any atom is 0.238 e. The largest absolute Gasteiger partial charge is 0.496 e. The van der Waals surface area contributed by atoms with Crippen LogP contribution >= 0.6 is 11.6 Å². The number of nitrogens with zero attached hydrogens (tertiary/aromatic N) is 2. The van der Waals surface area contributed by atoms with Gasteiger partial charge in [-0.25, -0.2) is 4.39 Å². The first kappa shape index (κ1) is 18.9. The summed E-state index contributed by atoms with van der Waals surface area (Å²) in [4.78, 5) is 30.8. The molecule has 0 bridgehead atoms. The van der Waals surface area contributed by atoms with E-state index in [-0.39, 0.29) is 29.8 Å². The van der Waals surface area contributed by atoms with Gasteiger partial charge in [-0.3, -0.25) is 14.6 Å². The lowest BCUT2D eigenvalue weighted by atomic mass is 9.94. The predicted octanol–water partition coefficient (Wildman–Crippen LogP) is 2.95. The van der Waals surface area contributed by atoms with Crippen molar-refractivity contribution in [3.63, 3.8) is 0 Å². The topological polar surface area (TPSA) is 59.5 Å². The fourth-order valence-electron chi connectivity index (χ4n) is 3.05. The summed E-state index contributed by atoms with van der Waals surface area (Å²) in [6.07, 6.45) is 1.07. The monoisotopic (exact) mass is 386 g/mol. The minimum atomic E-state index is -1.04. The quantitative estimate of drug-likeness (QED) is 0.598. The zero-order valence-electron chi connectivity index (χ0n) is 14.8. The number of likely N-dealkylation sites (tertiary alicyclic amines) is 1. The Hall–Kier alpha value is -2.91. The van der Waals surface area contributed by atoms with Crippen LogP contribution in [-0.2, 0) is 16.1 Å². The molecule has 27 heavy (non-hydrogen) atoms. The third-order valence-corrected chi connectivity index (χ3v) is 4.55. The van der Waals surface area contributed by atoms with Gasteiger partial charge in [0.15, 0.2) is 5.78 Å². The van der Waals surface area contributed by atoms with E-state index in [9.17, 15) is 14.0 Å². The van der Waals surface area contributed by atoms with Crippen LogP contribution in [0.5, 0.6) is 5.75 Å². The fourth-order valence-corrected chi connectivity index (χ4v) is 3.37. The van der Waals surface area contributed by atoms with Crippen molar-refractivity contribution >= 4 is 23.3 Å². The highest BCUT2D eigenvalue weighted by molar-refractivity contribution is 6.33. The molecule has 7 heteroatoms. The molecule has 1 aromatic heterocycles. The highest BCUT2D eigenvalue weighted by Crippen LogP contribution is 2.39. The SMILES string of the molecule is CC#Cc1cc(Cl)c(C2C(=O)CN(Cc3ccc(F)cn3)C2=O)c(OC)c1. The van der Waals surface area contributed by atoms with Crippen molar-refractivity contribution in [2.24, 2.45) is 0 Å². The Morgan fingerprint density at radius 1 is 1.37 bits per heavy atom. The van der Waals surface area contributed by atoms with Gasteiger partial charge in [0, 0.05) is 16.1 Å². The minimum Gasteiger partial charge on any atom is -0.496 e. The van der Waals surface area contributed by atoms with Crippen LogP contribution in [0.25, 0.3) is 0 Å². The number of benzene rings is 1. The number of ether oxygens (including phenoxy) is 1. The number of methoxy groups -OCH3 is 1. The Morgan fingerprint density at radius 3 is 2.78 bits per heavy atom. The van der Waals surface area contributed by atoms with Crippen LogP contribution in [0.1, 0.15) is 29.7 Å². The molecule has 1 aromatic carbocycles. The molecule has 0 saturated carbocycles. The van der Waals surface area contributed by atoms with E-state index in [1.54, 1.807) is 19.1 Å². The smallest absolute Gasteiger partial charge is 0.238 e. The van der Waals surface area contributed by atoms with Crippen LogP contribution in [0, 0.1) is 17.7 Å². The number of hydrogen-bond acceptors (Lipinski definition) is 4. The molecule has 0 N–H and O–H groups in total. The molecule has 0 aliphatic carbocycles. The zero-order chi connectivity index (χ0) is 19.6. The van der Waals surface area contributed by atoms with Gasteiger partial charge < -0.3 is 9.64 Å². The molecule has 1 aliphatic heterocycles. The summed E-state index contributed by atoms with van der Waals surface area (Å²) in [5, 5.41) is 0.251. The molecular formula is C20H16ClFN2O3. The lowest BCUT2D eigenvalue weighted by molar-refractivity contribution is -0.130. The number of rotatable bonds is 4. The summed E-state index contributed by atoms with van der Waals surface area (Å²) in [5.74, 6) is 3.80. The second-order valence-corrected chi connectivity index (χ2v) is 6.42. The van der Waals surface area contributed by atoms with Gasteiger partial charge in [-0.1, -0.05) is 17.5 Å². The van der Waals surface area contributed by atoms with Gasteiger partial charge in [0.25, 0.3) is 0 Å². The third-order valence-electron chi connectivity index (χ3n) is 4.24. The predicted molar refractivity (Wildman–Crippen MR) is 97.9 cm³/mol. The van der Waals surface area contributed by atoms with E-state index in [4.69, 9.17) is 16.3 Å². The molecule has 1 amide bonds. The number of halogens is 2. The number of aromatic nitrogens is 1.